The fraction of sp³-hybridized carbons (Fsp3) is 0.533. The summed E-state index contributed by atoms with van der Waals surface area (Å²) in [5, 5.41) is 2.82. The van der Waals surface area contributed by atoms with Crippen molar-refractivity contribution in [3.05, 3.63) is 29.6 Å². The maximum Gasteiger partial charge on any atom is 0.232 e. The van der Waals surface area contributed by atoms with E-state index in [0.717, 1.165) is 30.2 Å². The molecule has 1 aliphatic carbocycles. The number of rotatable bonds is 4. The second kappa shape index (κ2) is 5.02. The molecule has 2 aromatic rings. The van der Waals surface area contributed by atoms with Gasteiger partial charge >= 0.3 is 0 Å². The Morgan fingerprint density at radius 1 is 1.43 bits per heavy atom. The molecule has 6 nitrogen and oxygen atoms in total. The number of anilines is 1. The first-order valence-corrected chi connectivity index (χ1v) is 7.67. The third-order valence-electron chi connectivity index (χ3n) is 4.17. The second-order valence-corrected chi connectivity index (χ2v) is 5.99. The lowest BCUT2D eigenvalue weighted by molar-refractivity contribution is -0.115. The summed E-state index contributed by atoms with van der Waals surface area (Å²) in [5.41, 5.74) is 1.97. The number of hydrogen-bond acceptors (Lipinski definition) is 3. The summed E-state index contributed by atoms with van der Waals surface area (Å²) in [5.74, 6) is 2.20. The van der Waals surface area contributed by atoms with E-state index in [0.29, 0.717) is 18.3 Å². The third-order valence-corrected chi connectivity index (χ3v) is 4.17. The van der Waals surface area contributed by atoms with Gasteiger partial charge in [-0.15, -0.1) is 0 Å². The number of nitrogens with zero attached hydrogens (tertiary/aromatic N) is 3. The molecule has 2 aliphatic rings. The van der Waals surface area contributed by atoms with Gasteiger partial charge in [-0.1, -0.05) is 0 Å². The van der Waals surface area contributed by atoms with Crippen molar-refractivity contribution >= 4 is 11.9 Å². The zero-order valence-corrected chi connectivity index (χ0v) is 11.9. The zero-order valence-electron chi connectivity index (χ0n) is 11.9. The molecule has 2 aromatic heterocycles. The maximum atomic E-state index is 12.1. The first-order valence-electron chi connectivity index (χ1n) is 7.67. The van der Waals surface area contributed by atoms with E-state index in [1.165, 1.54) is 25.7 Å². The van der Waals surface area contributed by atoms with Crippen molar-refractivity contribution < 1.29 is 4.79 Å². The minimum absolute atomic E-state index is 0.0675. The highest BCUT2D eigenvalue weighted by Gasteiger charge is 2.25. The molecule has 0 aromatic carbocycles. The van der Waals surface area contributed by atoms with Crippen LogP contribution in [0.25, 0.3) is 0 Å². The molecule has 110 valence electrons. The summed E-state index contributed by atoms with van der Waals surface area (Å²) in [6.07, 6.45) is 9.98. The number of fused-ring (bicyclic) bond motifs is 1. The molecular formula is C15H19N5O. The predicted molar refractivity (Wildman–Crippen MR) is 78.1 cm³/mol. The highest BCUT2D eigenvalue weighted by molar-refractivity contribution is 5.90. The van der Waals surface area contributed by atoms with Crippen molar-refractivity contribution in [1.29, 1.82) is 0 Å². The molecule has 21 heavy (non-hydrogen) atoms. The molecule has 1 amide bonds. The van der Waals surface area contributed by atoms with Crippen LogP contribution in [0.5, 0.6) is 0 Å². The molecule has 3 heterocycles. The first kappa shape index (κ1) is 12.6. The second-order valence-electron chi connectivity index (χ2n) is 5.99. The van der Waals surface area contributed by atoms with Crippen molar-refractivity contribution in [1.82, 2.24) is 19.5 Å². The minimum Gasteiger partial charge on any atom is -0.335 e. The third kappa shape index (κ3) is 2.70. The summed E-state index contributed by atoms with van der Waals surface area (Å²) in [6, 6.07) is 0. The summed E-state index contributed by atoms with van der Waals surface area (Å²) in [7, 11) is 0. The van der Waals surface area contributed by atoms with Crippen LogP contribution < -0.4 is 5.32 Å². The van der Waals surface area contributed by atoms with Gasteiger partial charge in [0.05, 0.1) is 18.3 Å². The van der Waals surface area contributed by atoms with Crippen molar-refractivity contribution in [2.75, 3.05) is 5.32 Å². The van der Waals surface area contributed by atoms with Gasteiger partial charge in [-0.25, -0.2) is 9.97 Å². The van der Waals surface area contributed by atoms with Crippen molar-refractivity contribution in [3.63, 3.8) is 0 Å². The van der Waals surface area contributed by atoms with Crippen molar-refractivity contribution in [3.8, 4) is 0 Å². The Bertz CT molecular complexity index is 644. The Hall–Kier alpha value is -2.11. The SMILES string of the molecule is O=C(Cc1cn2c(n1)CCCC2)Nc1ncc(C2CC2)[nH]1. The molecular weight excluding hydrogens is 266 g/mol. The van der Waals surface area contributed by atoms with Gasteiger partial charge in [0.2, 0.25) is 11.9 Å². The number of aromatic nitrogens is 4. The van der Waals surface area contributed by atoms with Crippen LogP contribution >= 0.6 is 0 Å². The quantitative estimate of drug-likeness (QED) is 0.902. The summed E-state index contributed by atoms with van der Waals surface area (Å²) in [6.45, 7) is 1.02. The Balaban J connectivity index is 1.39. The van der Waals surface area contributed by atoms with Crippen LogP contribution in [0.3, 0.4) is 0 Å². The lowest BCUT2D eigenvalue weighted by Crippen LogP contribution is -2.15. The molecule has 2 N–H and O–H groups in total. The van der Waals surface area contributed by atoms with Gasteiger partial charge in [0, 0.05) is 30.8 Å². The van der Waals surface area contributed by atoms with Crippen LogP contribution in [-0.4, -0.2) is 25.4 Å². The van der Waals surface area contributed by atoms with E-state index in [4.69, 9.17) is 0 Å². The number of carbonyl (C=O) groups is 1. The van der Waals surface area contributed by atoms with Crippen molar-refractivity contribution in [2.45, 2.75) is 51.0 Å². The first-order chi connectivity index (χ1) is 10.3. The molecule has 6 heteroatoms. The van der Waals surface area contributed by atoms with Gasteiger partial charge < -0.3 is 9.55 Å². The average molecular weight is 285 g/mol. The Kier molecular flexibility index (Phi) is 3.02. The lowest BCUT2D eigenvalue weighted by atomic mass is 10.2. The zero-order chi connectivity index (χ0) is 14.2. The molecule has 0 atom stereocenters. The van der Waals surface area contributed by atoms with Gasteiger partial charge in [-0.3, -0.25) is 10.1 Å². The molecule has 1 saturated carbocycles. The largest absolute Gasteiger partial charge is 0.335 e. The summed E-state index contributed by atoms with van der Waals surface area (Å²) in [4.78, 5) is 24.0. The fourth-order valence-corrected chi connectivity index (χ4v) is 2.90. The van der Waals surface area contributed by atoms with Gasteiger partial charge in [-0.05, 0) is 25.7 Å². The van der Waals surface area contributed by atoms with Crippen LogP contribution in [0.2, 0.25) is 0 Å². The number of H-pyrrole nitrogens is 1. The van der Waals surface area contributed by atoms with Crippen molar-refractivity contribution in [2.24, 2.45) is 0 Å². The van der Waals surface area contributed by atoms with E-state index in [9.17, 15) is 4.79 Å². The standard InChI is InChI=1S/C15H19N5O/c21-14(19-15-16-8-12(18-15)10-4-5-10)7-11-9-20-6-2-1-3-13(20)17-11/h8-10H,1-7H2,(H2,16,18,19,21). The van der Waals surface area contributed by atoms with Crippen LogP contribution in [-0.2, 0) is 24.2 Å². The van der Waals surface area contributed by atoms with E-state index in [1.54, 1.807) is 0 Å². The smallest absolute Gasteiger partial charge is 0.232 e. The predicted octanol–water partition coefficient (Wildman–Crippen LogP) is 2.00. The monoisotopic (exact) mass is 285 g/mol. The molecule has 0 saturated heterocycles. The molecule has 0 spiro atoms. The van der Waals surface area contributed by atoms with Crippen LogP contribution in [0.15, 0.2) is 12.4 Å². The van der Waals surface area contributed by atoms with Crippen LogP contribution in [0.1, 0.15) is 48.8 Å². The highest BCUT2D eigenvalue weighted by atomic mass is 16.1. The number of aryl methyl sites for hydroxylation is 2. The van der Waals surface area contributed by atoms with Gasteiger partial charge in [0.1, 0.15) is 5.82 Å². The van der Waals surface area contributed by atoms with E-state index in [-0.39, 0.29) is 5.91 Å². The van der Waals surface area contributed by atoms with E-state index in [2.05, 4.69) is 24.8 Å². The van der Waals surface area contributed by atoms with Crippen LogP contribution in [0, 0.1) is 0 Å². The highest BCUT2D eigenvalue weighted by Crippen LogP contribution is 2.39. The Morgan fingerprint density at radius 3 is 3.14 bits per heavy atom. The molecule has 4 rings (SSSR count). The number of nitrogens with one attached hydrogen (secondary N) is 2. The number of hydrogen-bond donors (Lipinski definition) is 2. The van der Waals surface area contributed by atoms with E-state index >= 15 is 0 Å². The van der Waals surface area contributed by atoms with E-state index < -0.39 is 0 Å². The fourth-order valence-electron chi connectivity index (χ4n) is 2.90. The maximum absolute atomic E-state index is 12.1. The molecule has 0 bridgehead atoms. The lowest BCUT2D eigenvalue weighted by Gasteiger charge is -2.11. The Labute approximate surface area is 123 Å². The van der Waals surface area contributed by atoms with Crippen LogP contribution in [0.4, 0.5) is 5.95 Å². The molecule has 0 radical (unpaired) electrons. The Morgan fingerprint density at radius 2 is 2.33 bits per heavy atom. The van der Waals surface area contributed by atoms with Gasteiger partial charge in [-0.2, -0.15) is 0 Å². The van der Waals surface area contributed by atoms with Gasteiger partial charge in [0.25, 0.3) is 0 Å². The number of carbonyl (C=O) groups excluding carboxylic acids is 1. The number of aromatic amines is 1. The molecule has 0 unspecified atom stereocenters. The summed E-state index contributed by atoms with van der Waals surface area (Å²) >= 11 is 0. The number of imidazole rings is 2. The topological polar surface area (TPSA) is 75.6 Å². The number of amides is 1. The molecule has 1 aliphatic heterocycles. The summed E-state index contributed by atoms with van der Waals surface area (Å²) < 4.78 is 2.17. The minimum atomic E-state index is -0.0675. The molecule has 1 fully saturated rings. The normalized spacial score (nSPS) is 17.5. The average Bonchev–Trinajstić information content (AvgIpc) is 3.08. The van der Waals surface area contributed by atoms with E-state index in [1.807, 2.05) is 12.4 Å². The van der Waals surface area contributed by atoms with Gasteiger partial charge in [0.15, 0.2) is 0 Å².